The van der Waals surface area contributed by atoms with Gasteiger partial charge in [-0.2, -0.15) is 0 Å². The first kappa shape index (κ1) is 17.0. The molecule has 2 N–H and O–H groups in total. The zero-order valence-corrected chi connectivity index (χ0v) is 14.5. The molecule has 0 radical (unpaired) electrons. The Labute approximate surface area is 145 Å². The molecule has 24 heavy (non-hydrogen) atoms. The minimum absolute atomic E-state index is 0.222. The molecule has 0 aliphatic heterocycles. The van der Waals surface area contributed by atoms with Gasteiger partial charge in [0.2, 0.25) is 0 Å². The molecule has 1 aliphatic rings. The van der Waals surface area contributed by atoms with E-state index in [-0.39, 0.29) is 11.5 Å². The van der Waals surface area contributed by atoms with Crippen LogP contribution in [0.25, 0.3) is 0 Å². The van der Waals surface area contributed by atoms with Gasteiger partial charge in [0.25, 0.3) is 5.56 Å². The number of H-pyrrole nitrogens is 2. The molecule has 0 bridgehead atoms. The molecule has 2 heterocycles. The molecular weight excluding hydrogens is 326 g/mol. The summed E-state index contributed by atoms with van der Waals surface area (Å²) in [6.45, 7) is 2.22. The van der Waals surface area contributed by atoms with Crippen molar-refractivity contribution < 1.29 is 0 Å². The van der Waals surface area contributed by atoms with E-state index in [1.165, 1.54) is 6.42 Å². The summed E-state index contributed by atoms with van der Waals surface area (Å²) in [6, 6.07) is 3.52. The van der Waals surface area contributed by atoms with Gasteiger partial charge in [-0.1, -0.05) is 24.9 Å². The molecule has 128 valence electrons. The van der Waals surface area contributed by atoms with Gasteiger partial charge >= 0.3 is 5.69 Å². The fourth-order valence-electron chi connectivity index (χ4n) is 3.63. The number of hydrogen-bond acceptors (Lipinski definition) is 3. The molecular formula is C18H22ClN3O2. The van der Waals surface area contributed by atoms with Crippen LogP contribution in [-0.4, -0.2) is 15.0 Å². The smallest absolute Gasteiger partial charge is 0.311 e. The van der Waals surface area contributed by atoms with Crippen LogP contribution in [0.3, 0.4) is 0 Å². The molecule has 0 saturated heterocycles. The van der Waals surface area contributed by atoms with Crippen LogP contribution in [0.2, 0.25) is 5.02 Å². The van der Waals surface area contributed by atoms with Crippen LogP contribution < -0.4 is 11.2 Å². The van der Waals surface area contributed by atoms with Gasteiger partial charge in [0, 0.05) is 23.9 Å². The van der Waals surface area contributed by atoms with Gasteiger partial charge in [-0.15, -0.1) is 0 Å². The largest absolute Gasteiger partial charge is 0.325 e. The van der Waals surface area contributed by atoms with Crippen LogP contribution in [0.5, 0.6) is 0 Å². The number of pyridine rings is 1. The highest BCUT2D eigenvalue weighted by molar-refractivity contribution is 6.31. The lowest BCUT2D eigenvalue weighted by Crippen LogP contribution is -2.30. The third-order valence-corrected chi connectivity index (χ3v) is 5.43. The number of rotatable bonds is 4. The summed E-state index contributed by atoms with van der Waals surface area (Å²) in [4.78, 5) is 33.7. The van der Waals surface area contributed by atoms with Gasteiger partial charge in [0.05, 0.1) is 10.7 Å². The molecule has 6 heteroatoms. The van der Waals surface area contributed by atoms with Crippen LogP contribution in [0.1, 0.15) is 61.9 Å². The minimum Gasteiger partial charge on any atom is -0.311 e. The lowest BCUT2D eigenvalue weighted by Gasteiger charge is -2.28. The first-order chi connectivity index (χ1) is 11.6. The third kappa shape index (κ3) is 3.61. The monoisotopic (exact) mass is 347 g/mol. The Morgan fingerprint density at radius 3 is 2.62 bits per heavy atom. The summed E-state index contributed by atoms with van der Waals surface area (Å²) in [5, 5.41) is 0.531. The van der Waals surface area contributed by atoms with E-state index in [1.807, 2.05) is 0 Å². The number of hydrogen-bond donors (Lipinski definition) is 2. The van der Waals surface area contributed by atoms with Gasteiger partial charge in [-0.25, -0.2) is 4.79 Å². The van der Waals surface area contributed by atoms with Crippen LogP contribution in [0.4, 0.5) is 0 Å². The summed E-state index contributed by atoms with van der Waals surface area (Å²) in [5.74, 6) is 0.976. The molecule has 0 unspecified atom stereocenters. The van der Waals surface area contributed by atoms with E-state index in [0.717, 1.165) is 37.3 Å². The molecule has 1 aliphatic carbocycles. The second-order valence-electron chi connectivity index (χ2n) is 6.54. The number of aromatic nitrogens is 3. The maximum atomic E-state index is 12.4. The molecule has 2 aromatic heterocycles. The fraction of sp³-hybridized carbons (Fsp3) is 0.500. The van der Waals surface area contributed by atoms with E-state index >= 15 is 0 Å². The van der Waals surface area contributed by atoms with Crippen molar-refractivity contribution in [1.82, 2.24) is 15.0 Å². The molecule has 0 atom stereocenters. The van der Waals surface area contributed by atoms with Crippen molar-refractivity contribution in [2.24, 2.45) is 5.92 Å². The second-order valence-corrected chi connectivity index (χ2v) is 6.94. The van der Waals surface area contributed by atoms with E-state index in [2.05, 4.69) is 21.9 Å². The summed E-state index contributed by atoms with van der Waals surface area (Å²) >= 11 is 6.19. The van der Waals surface area contributed by atoms with Crippen molar-refractivity contribution in [2.45, 2.75) is 51.4 Å². The third-order valence-electron chi connectivity index (χ3n) is 5.09. The van der Waals surface area contributed by atoms with Gasteiger partial charge in [-0.3, -0.25) is 14.8 Å². The summed E-state index contributed by atoms with van der Waals surface area (Å²) < 4.78 is 0. The topological polar surface area (TPSA) is 78.6 Å². The Morgan fingerprint density at radius 1 is 1.21 bits per heavy atom. The lowest BCUT2D eigenvalue weighted by atomic mass is 9.78. The number of nitrogens with zero attached hydrogens (tertiary/aromatic N) is 1. The standard InChI is InChI=1S/C18H22ClN3O2/c1-2-11-5-7-12(8-6-11)16-13(17(23)22-18(24)21-16)10-15-14(19)4-3-9-20-15/h3-4,9,11-12H,2,5-8,10H2,1H3,(H2,21,22,23,24). The van der Waals surface area contributed by atoms with Crippen LogP contribution in [0, 0.1) is 5.92 Å². The zero-order chi connectivity index (χ0) is 17.1. The van der Waals surface area contributed by atoms with Gasteiger partial charge in [0.15, 0.2) is 0 Å². The van der Waals surface area contributed by atoms with E-state index < -0.39 is 5.69 Å². The van der Waals surface area contributed by atoms with Crippen LogP contribution >= 0.6 is 11.6 Å². The molecule has 0 amide bonds. The molecule has 0 spiro atoms. The average Bonchev–Trinajstić information content (AvgIpc) is 2.59. The number of halogens is 1. The molecule has 5 nitrogen and oxygen atoms in total. The lowest BCUT2D eigenvalue weighted by molar-refractivity contribution is 0.314. The normalized spacial score (nSPS) is 20.9. The zero-order valence-electron chi connectivity index (χ0n) is 13.8. The Hall–Kier alpha value is -1.88. The average molecular weight is 348 g/mol. The Bertz CT molecular complexity index is 819. The molecule has 1 saturated carbocycles. The van der Waals surface area contributed by atoms with Crippen molar-refractivity contribution in [3.8, 4) is 0 Å². The van der Waals surface area contributed by atoms with Crippen molar-refractivity contribution in [3.63, 3.8) is 0 Å². The van der Waals surface area contributed by atoms with Gasteiger partial charge in [0.1, 0.15) is 0 Å². The van der Waals surface area contributed by atoms with Gasteiger partial charge in [-0.05, 0) is 49.7 Å². The quantitative estimate of drug-likeness (QED) is 0.889. The maximum absolute atomic E-state index is 12.4. The SMILES string of the molecule is CCC1CCC(c2[nH]c(=O)[nH]c(=O)c2Cc2ncccc2Cl)CC1. The highest BCUT2D eigenvalue weighted by atomic mass is 35.5. The predicted molar refractivity (Wildman–Crippen MR) is 94.7 cm³/mol. The van der Waals surface area contributed by atoms with Crippen molar-refractivity contribution >= 4 is 11.6 Å². The first-order valence-electron chi connectivity index (χ1n) is 8.53. The number of nitrogens with one attached hydrogen (secondary N) is 2. The molecule has 3 rings (SSSR count). The summed E-state index contributed by atoms with van der Waals surface area (Å²) in [5.41, 5.74) is 1.21. The van der Waals surface area contributed by atoms with Crippen molar-refractivity contribution in [1.29, 1.82) is 0 Å². The molecule has 2 aromatic rings. The van der Waals surface area contributed by atoms with Crippen molar-refractivity contribution in [2.75, 3.05) is 0 Å². The van der Waals surface area contributed by atoms with E-state index in [9.17, 15) is 9.59 Å². The van der Waals surface area contributed by atoms with Crippen LogP contribution in [0.15, 0.2) is 27.9 Å². The molecule has 1 fully saturated rings. The Balaban J connectivity index is 1.96. The Morgan fingerprint density at radius 2 is 1.96 bits per heavy atom. The highest BCUT2D eigenvalue weighted by Gasteiger charge is 2.25. The minimum atomic E-state index is -0.441. The van der Waals surface area contributed by atoms with Crippen LogP contribution in [-0.2, 0) is 6.42 Å². The Kier molecular flexibility index (Phi) is 5.19. The highest BCUT2D eigenvalue weighted by Crippen LogP contribution is 2.37. The predicted octanol–water partition coefficient (Wildman–Crippen LogP) is 3.39. The summed E-state index contributed by atoms with van der Waals surface area (Å²) in [7, 11) is 0. The fourth-order valence-corrected chi connectivity index (χ4v) is 3.82. The summed E-state index contributed by atoms with van der Waals surface area (Å²) in [6.07, 6.45) is 7.46. The van der Waals surface area contributed by atoms with Crippen molar-refractivity contribution in [3.05, 3.63) is 61.1 Å². The number of aromatic amines is 2. The molecule has 0 aromatic carbocycles. The first-order valence-corrected chi connectivity index (χ1v) is 8.91. The maximum Gasteiger partial charge on any atom is 0.325 e. The van der Waals surface area contributed by atoms with E-state index in [0.29, 0.717) is 22.7 Å². The van der Waals surface area contributed by atoms with Gasteiger partial charge < -0.3 is 4.98 Å². The van der Waals surface area contributed by atoms with E-state index in [4.69, 9.17) is 11.6 Å². The van der Waals surface area contributed by atoms with E-state index in [1.54, 1.807) is 18.3 Å². The second kappa shape index (κ2) is 7.34.